The van der Waals surface area contributed by atoms with Crippen molar-refractivity contribution in [3.63, 3.8) is 0 Å². The van der Waals surface area contributed by atoms with Crippen molar-refractivity contribution in [3.05, 3.63) is 35.6 Å². The Kier molecular flexibility index (Phi) is 4.30. The summed E-state index contributed by atoms with van der Waals surface area (Å²) < 4.78 is 12.9. The monoisotopic (exact) mass is 263 g/mol. The van der Waals surface area contributed by atoms with Gasteiger partial charge in [0.15, 0.2) is 0 Å². The molecule has 1 aromatic rings. The number of carbonyl (C=O) groups excluding carboxylic acids is 2. The fourth-order valence-electron chi connectivity index (χ4n) is 2.57. The van der Waals surface area contributed by atoms with E-state index in [0.29, 0.717) is 18.5 Å². The van der Waals surface area contributed by atoms with Crippen LogP contribution in [0.4, 0.5) is 4.39 Å². The fraction of sp³-hybridized carbons (Fsp3) is 0.467. The van der Waals surface area contributed by atoms with Gasteiger partial charge in [0, 0.05) is 24.6 Å². The smallest absolute Gasteiger partial charge is 0.254 e. The molecule has 1 saturated heterocycles. The number of carbonyl (C=O) groups is 2. The number of likely N-dealkylation sites (tertiary alicyclic amines) is 1. The number of rotatable bonds is 3. The number of ketones is 1. The van der Waals surface area contributed by atoms with Crippen LogP contribution in [-0.4, -0.2) is 29.2 Å². The van der Waals surface area contributed by atoms with Crippen molar-refractivity contribution >= 4 is 11.7 Å². The summed E-state index contributed by atoms with van der Waals surface area (Å²) in [5.74, 6) is -0.356. The standard InChI is InChI=1S/C15H18FNO2/c1-11(18)10-14-4-2-3-9-17(14)15(19)12-5-7-13(16)8-6-12/h5-8,14H,2-4,9-10H2,1H3. The normalized spacial score (nSPS) is 19.3. The molecular weight excluding hydrogens is 245 g/mol. The van der Waals surface area contributed by atoms with E-state index in [-0.39, 0.29) is 23.5 Å². The summed E-state index contributed by atoms with van der Waals surface area (Å²) in [4.78, 5) is 25.4. The maximum absolute atomic E-state index is 12.9. The molecule has 102 valence electrons. The molecule has 1 unspecified atom stereocenters. The first-order chi connectivity index (χ1) is 9.08. The quantitative estimate of drug-likeness (QED) is 0.841. The molecule has 4 heteroatoms. The van der Waals surface area contributed by atoms with Crippen LogP contribution in [-0.2, 0) is 4.79 Å². The molecule has 19 heavy (non-hydrogen) atoms. The van der Waals surface area contributed by atoms with Gasteiger partial charge in [0.25, 0.3) is 5.91 Å². The third-order valence-electron chi connectivity index (χ3n) is 3.50. The van der Waals surface area contributed by atoms with Crippen LogP contribution >= 0.6 is 0 Å². The van der Waals surface area contributed by atoms with Crippen molar-refractivity contribution in [2.45, 2.75) is 38.6 Å². The third kappa shape index (κ3) is 3.40. The molecule has 0 saturated carbocycles. The minimum Gasteiger partial charge on any atom is -0.335 e. The first-order valence-corrected chi connectivity index (χ1v) is 6.64. The van der Waals surface area contributed by atoms with Gasteiger partial charge in [0.1, 0.15) is 11.6 Å². The van der Waals surface area contributed by atoms with Gasteiger partial charge < -0.3 is 4.90 Å². The second-order valence-electron chi connectivity index (χ2n) is 5.06. The topological polar surface area (TPSA) is 37.4 Å². The van der Waals surface area contributed by atoms with Gasteiger partial charge in [0.2, 0.25) is 0 Å². The molecule has 1 fully saturated rings. The minimum atomic E-state index is -0.351. The van der Waals surface area contributed by atoms with Crippen molar-refractivity contribution in [1.29, 1.82) is 0 Å². The summed E-state index contributed by atoms with van der Waals surface area (Å²) in [6.07, 6.45) is 3.28. The number of piperidine rings is 1. The van der Waals surface area contributed by atoms with Crippen molar-refractivity contribution in [1.82, 2.24) is 4.90 Å². The Labute approximate surface area is 112 Å². The average molecular weight is 263 g/mol. The van der Waals surface area contributed by atoms with Crippen LogP contribution in [0.15, 0.2) is 24.3 Å². The van der Waals surface area contributed by atoms with Crippen LogP contribution in [0, 0.1) is 5.82 Å². The van der Waals surface area contributed by atoms with Crippen LogP contribution in [0.1, 0.15) is 43.0 Å². The van der Waals surface area contributed by atoms with Crippen LogP contribution in [0.25, 0.3) is 0 Å². The van der Waals surface area contributed by atoms with Gasteiger partial charge in [0.05, 0.1) is 0 Å². The fourth-order valence-corrected chi connectivity index (χ4v) is 2.57. The van der Waals surface area contributed by atoms with E-state index in [4.69, 9.17) is 0 Å². The highest BCUT2D eigenvalue weighted by Crippen LogP contribution is 2.22. The molecule has 0 bridgehead atoms. The molecular formula is C15H18FNO2. The molecule has 0 spiro atoms. The van der Waals surface area contributed by atoms with E-state index in [1.807, 2.05) is 0 Å². The van der Waals surface area contributed by atoms with Gasteiger partial charge in [-0.05, 0) is 50.5 Å². The van der Waals surface area contributed by atoms with Crippen LogP contribution in [0.3, 0.4) is 0 Å². The van der Waals surface area contributed by atoms with Crippen LogP contribution in [0.5, 0.6) is 0 Å². The van der Waals surface area contributed by atoms with E-state index in [9.17, 15) is 14.0 Å². The van der Waals surface area contributed by atoms with E-state index in [0.717, 1.165) is 19.3 Å². The third-order valence-corrected chi connectivity index (χ3v) is 3.50. The highest BCUT2D eigenvalue weighted by Gasteiger charge is 2.28. The molecule has 1 aromatic carbocycles. The lowest BCUT2D eigenvalue weighted by Gasteiger charge is -2.35. The Balaban J connectivity index is 2.15. The molecule has 1 heterocycles. The first-order valence-electron chi connectivity index (χ1n) is 6.64. The van der Waals surface area contributed by atoms with Gasteiger partial charge in [-0.3, -0.25) is 9.59 Å². The Morgan fingerprint density at radius 1 is 1.26 bits per heavy atom. The predicted octanol–water partition coefficient (Wildman–Crippen LogP) is 2.80. The Morgan fingerprint density at radius 2 is 1.95 bits per heavy atom. The zero-order valence-electron chi connectivity index (χ0n) is 11.1. The van der Waals surface area contributed by atoms with Crippen molar-refractivity contribution in [3.8, 4) is 0 Å². The Bertz CT molecular complexity index is 470. The van der Waals surface area contributed by atoms with Crippen LogP contribution in [0.2, 0.25) is 0 Å². The second-order valence-corrected chi connectivity index (χ2v) is 5.06. The Morgan fingerprint density at radius 3 is 2.58 bits per heavy atom. The molecule has 0 radical (unpaired) electrons. The number of benzene rings is 1. The SMILES string of the molecule is CC(=O)CC1CCCCN1C(=O)c1ccc(F)cc1. The van der Waals surface area contributed by atoms with Crippen molar-refractivity contribution in [2.75, 3.05) is 6.54 Å². The summed E-state index contributed by atoms with van der Waals surface area (Å²) in [7, 11) is 0. The molecule has 3 nitrogen and oxygen atoms in total. The van der Waals surface area contributed by atoms with Gasteiger partial charge in [-0.2, -0.15) is 0 Å². The zero-order valence-corrected chi connectivity index (χ0v) is 11.1. The molecule has 1 amide bonds. The molecule has 0 aromatic heterocycles. The molecule has 2 rings (SSSR count). The van der Waals surface area contributed by atoms with Crippen LogP contribution < -0.4 is 0 Å². The number of nitrogens with zero attached hydrogens (tertiary/aromatic N) is 1. The summed E-state index contributed by atoms with van der Waals surface area (Å²) in [5, 5.41) is 0. The molecule has 1 atom stereocenters. The maximum atomic E-state index is 12.9. The number of halogens is 1. The summed E-state index contributed by atoms with van der Waals surface area (Å²) >= 11 is 0. The summed E-state index contributed by atoms with van der Waals surface area (Å²) in [6, 6.07) is 5.56. The number of Topliss-reactive ketones (excluding diaryl/α,β-unsaturated/α-hetero) is 1. The second kappa shape index (κ2) is 5.95. The highest BCUT2D eigenvalue weighted by atomic mass is 19.1. The van der Waals surface area contributed by atoms with E-state index < -0.39 is 0 Å². The Hall–Kier alpha value is -1.71. The van der Waals surface area contributed by atoms with Gasteiger partial charge in [-0.25, -0.2) is 4.39 Å². The van der Waals surface area contributed by atoms with E-state index >= 15 is 0 Å². The molecule has 0 N–H and O–H groups in total. The van der Waals surface area contributed by atoms with Gasteiger partial charge in [-0.15, -0.1) is 0 Å². The number of hydrogen-bond donors (Lipinski definition) is 0. The number of hydrogen-bond acceptors (Lipinski definition) is 2. The first kappa shape index (κ1) is 13.7. The van der Waals surface area contributed by atoms with Gasteiger partial charge in [-0.1, -0.05) is 0 Å². The van der Waals surface area contributed by atoms with E-state index in [1.165, 1.54) is 24.3 Å². The molecule has 1 aliphatic rings. The predicted molar refractivity (Wildman–Crippen MR) is 70.4 cm³/mol. The number of amides is 1. The average Bonchev–Trinajstić information content (AvgIpc) is 2.39. The van der Waals surface area contributed by atoms with Crippen molar-refractivity contribution < 1.29 is 14.0 Å². The highest BCUT2D eigenvalue weighted by molar-refractivity contribution is 5.94. The lowest BCUT2D eigenvalue weighted by molar-refractivity contribution is -0.118. The largest absolute Gasteiger partial charge is 0.335 e. The lowest BCUT2D eigenvalue weighted by Crippen LogP contribution is -2.44. The molecule has 1 aliphatic heterocycles. The minimum absolute atomic E-state index is 0.0104. The van der Waals surface area contributed by atoms with Crippen molar-refractivity contribution in [2.24, 2.45) is 0 Å². The summed E-state index contributed by atoms with van der Waals surface area (Å²) in [6.45, 7) is 2.23. The maximum Gasteiger partial charge on any atom is 0.254 e. The lowest BCUT2D eigenvalue weighted by atomic mass is 9.97. The van der Waals surface area contributed by atoms with Gasteiger partial charge >= 0.3 is 0 Å². The van der Waals surface area contributed by atoms with E-state index in [1.54, 1.807) is 11.8 Å². The summed E-state index contributed by atoms with van der Waals surface area (Å²) in [5.41, 5.74) is 0.483. The van der Waals surface area contributed by atoms with E-state index in [2.05, 4.69) is 0 Å². The molecule has 0 aliphatic carbocycles. The zero-order chi connectivity index (χ0) is 13.8.